The number of unbranched alkanes of at least 4 members (excludes halogenated alkanes) is 7. The number of hydrogen-bond acceptors (Lipinski definition) is 0. The Morgan fingerprint density at radius 1 is 0.500 bits per heavy atom. The molecule has 0 spiro atoms. The zero-order valence-electron chi connectivity index (χ0n) is 22.1. The van der Waals surface area contributed by atoms with Gasteiger partial charge in [-0.05, 0) is 69.4 Å². The molecular weight excluding hydrogens is 436 g/mol. The molecule has 0 fully saturated rings. The number of fused-ring (bicyclic) bond motifs is 9. The van der Waals surface area contributed by atoms with E-state index >= 15 is 0 Å². The molecule has 36 heavy (non-hydrogen) atoms. The van der Waals surface area contributed by atoms with Gasteiger partial charge in [-0.3, -0.25) is 0 Å². The van der Waals surface area contributed by atoms with Crippen LogP contribution in [-0.2, 0) is 20.5 Å². The fourth-order valence-electron chi connectivity index (χ4n) is 6.35. The van der Waals surface area contributed by atoms with Crippen LogP contribution in [0.2, 0.25) is 0 Å². The number of aryl methyl sites for hydroxylation is 3. The minimum absolute atomic E-state index is 1.17. The fourth-order valence-corrected chi connectivity index (χ4v) is 6.35. The third-order valence-electron chi connectivity index (χ3n) is 8.47. The van der Waals surface area contributed by atoms with Crippen molar-refractivity contribution in [3.05, 3.63) is 72.6 Å². The second kappa shape index (κ2) is 9.65. The normalized spacial score (nSPS) is 12.2. The maximum absolute atomic E-state index is 2.46. The van der Waals surface area contributed by atoms with Gasteiger partial charge in [-0.2, -0.15) is 0 Å². The first-order chi connectivity index (χ1) is 17.7. The Morgan fingerprint density at radius 3 is 1.64 bits per heavy atom. The van der Waals surface area contributed by atoms with Crippen LogP contribution in [0.25, 0.3) is 54.1 Å². The standard InChI is InChI=1S/C34H38N2/c1-4-5-6-7-8-9-10-11-12-24-23-32-30-16-14-25-26(28(30)18-20-34(32)36(24)3)13-15-29-27(25)17-19-33-31(29)21-22-35(33)2/h13-23H,4-12H2,1-3H3. The summed E-state index contributed by atoms with van der Waals surface area (Å²) in [6.45, 7) is 2.29. The summed E-state index contributed by atoms with van der Waals surface area (Å²) >= 11 is 0. The Kier molecular flexibility index (Phi) is 6.21. The third-order valence-corrected chi connectivity index (χ3v) is 8.47. The maximum atomic E-state index is 2.46. The summed E-state index contributed by atoms with van der Waals surface area (Å²) in [5, 5.41) is 10.8. The molecule has 0 saturated heterocycles. The van der Waals surface area contributed by atoms with E-state index in [1.165, 1.54) is 118 Å². The summed E-state index contributed by atoms with van der Waals surface area (Å²) in [5.74, 6) is 0. The van der Waals surface area contributed by atoms with Gasteiger partial charge in [0.2, 0.25) is 0 Å². The summed E-state index contributed by atoms with van der Waals surface area (Å²) in [6.07, 6.45) is 14.3. The first-order valence-corrected chi connectivity index (χ1v) is 14.0. The molecule has 0 aliphatic carbocycles. The van der Waals surface area contributed by atoms with E-state index in [4.69, 9.17) is 0 Å². The highest BCUT2D eigenvalue weighted by molar-refractivity contribution is 6.24. The van der Waals surface area contributed by atoms with Crippen LogP contribution in [0, 0.1) is 0 Å². The minimum Gasteiger partial charge on any atom is -0.351 e. The van der Waals surface area contributed by atoms with Crippen LogP contribution in [0.5, 0.6) is 0 Å². The van der Waals surface area contributed by atoms with E-state index < -0.39 is 0 Å². The molecule has 0 unspecified atom stereocenters. The van der Waals surface area contributed by atoms with Crippen molar-refractivity contribution in [1.82, 2.24) is 9.13 Å². The lowest BCUT2D eigenvalue weighted by Gasteiger charge is -2.10. The molecule has 0 atom stereocenters. The molecule has 184 valence electrons. The van der Waals surface area contributed by atoms with Gasteiger partial charge in [-0.1, -0.05) is 88.3 Å². The van der Waals surface area contributed by atoms with Crippen molar-refractivity contribution in [3.63, 3.8) is 0 Å². The number of rotatable bonds is 9. The lowest BCUT2D eigenvalue weighted by Crippen LogP contribution is -1.96. The molecule has 0 radical (unpaired) electrons. The van der Waals surface area contributed by atoms with Crippen molar-refractivity contribution in [2.24, 2.45) is 14.1 Å². The van der Waals surface area contributed by atoms with Crippen molar-refractivity contribution >= 4 is 54.1 Å². The smallest absolute Gasteiger partial charge is 0.0486 e. The zero-order chi connectivity index (χ0) is 24.6. The molecule has 0 aliphatic heterocycles. The number of hydrogen-bond donors (Lipinski definition) is 0. The molecule has 0 saturated carbocycles. The molecule has 2 heteroatoms. The van der Waals surface area contributed by atoms with Gasteiger partial charge < -0.3 is 9.13 Å². The molecule has 0 bridgehead atoms. The molecule has 6 aromatic rings. The van der Waals surface area contributed by atoms with E-state index in [0.29, 0.717) is 0 Å². The van der Waals surface area contributed by atoms with Crippen molar-refractivity contribution in [3.8, 4) is 0 Å². The lowest BCUT2D eigenvalue weighted by molar-refractivity contribution is 0.572. The first-order valence-electron chi connectivity index (χ1n) is 14.0. The highest BCUT2D eigenvalue weighted by atomic mass is 14.9. The Labute approximate surface area is 214 Å². The topological polar surface area (TPSA) is 9.86 Å². The largest absolute Gasteiger partial charge is 0.351 e. The fraction of sp³-hybridized carbons (Fsp3) is 0.353. The van der Waals surface area contributed by atoms with Crippen molar-refractivity contribution in [2.75, 3.05) is 0 Å². The monoisotopic (exact) mass is 474 g/mol. The van der Waals surface area contributed by atoms with Crippen LogP contribution in [0.1, 0.15) is 64.0 Å². The molecule has 0 aliphatic rings. The number of aromatic nitrogens is 2. The highest BCUT2D eigenvalue weighted by Gasteiger charge is 2.13. The molecule has 4 aromatic carbocycles. The van der Waals surface area contributed by atoms with Crippen LogP contribution in [0.3, 0.4) is 0 Å². The molecular formula is C34H38N2. The van der Waals surface area contributed by atoms with Gasteiger partial charge in [-0.15, -0.1) is 0 Å². The van der Waals surface area contributed by atoms with Crippen LogP contribution in [-0.4, -0.2) is 9.13 Å². The SMILES string of the molecule is CCCCCCCCCCc1cc2c3ccc4c(ccc5c4ccc4c5ccn4C)c3ccc2n1C. The first kappa shape index (κ1) is 23.2. The quantitative estimate of drug-likeness (QED) is 0.146. The summed E-state index contributed by atoms with van der Waals surface area (Å²) in [6, 6.07) is 23.3. The van der Waals surface area contributed by atoms with Gasteiger partial charge in [0, 0.05) is 47.8 Å². The molecule has 6 rings (SSSR count). The van der Waals surface area contributed by atoms with Gasteiger partial charge >= 0.3 is 0 Å². The predicted molar refractivity (Wildman–Crippen MR) is 158 cm³/mol. The van der Waals surface area contributed by atoms with Gasteiger partial charge in [-0.25, -0.2) is 0 Å². The van der Waals surface area contributed by atoms with Crippen molar-refractivity contribution < 1.29 is 0 Å². The molecule has 2 aromatic heterocycles. The van der Waals surface area contributed by atoms with Crippen LogP contribution < -0.4 is 0 Å². The molecule has 2 nitrogen and oxygen atoms in total. The van der Waals surface area contributed by atoms with E-state index in [1.807, 2.05) is 0 Å². The van der Waals surface area contributed by atoms with Gasteiger partial charge in [0.1, 0.15) is 0 Å². The Bertz CT molecular complexity index is 1700. The second-order valence-corrected chi connectivity index (χ2v) is 10.8. The Morgan fingerprint density at radius 2 is 1.00 bits per heavy atom. The maximum Gasteiger partial charge on any atom is 0.0486 e. The highest BCUT2D eigenvalue weighted by Crippen LogP contribution is 2.37. The van der Waals surface area contributed by atoms with E-state index in [1.54, 1.807) is 0 Å². The second-order valence-electron chi connectivity index (χ2n) is 10.8. The van der Waals surface area contributed by atoms with Gasteiger partial charge in [0.15, 0.2) is 0 Å². The lowest BCUT2D eigenvalue weighted by atomic mass is 9.94. The number of benzene rings is 4. The van der Waals surface area contributed by atoms with Crippen molar-refractivity contribution in [1.29, 1.82) is 0 Å². The van der Waals surface area contributed by atoms with E-state index in [2.05, 4.69) is 97.0 Å². The zero-order valence-corrected chi connectivity index (χ0v) is 22.1. The van der Waals surface area contributed by atoms with Crippen LogP contribution in [0.4, 0.5) is 0 Å². The van der Waals surface area contributed by atoms with E-state index in [9.17, 15) is 0 Å². The van der Waals surface area contributed by atoms with E-state index in [0.717, 1.165) is 0 Å². The third kappa shape index (κ3) is 3.88. The average molecular weight is 475 g/mol. The van der Waals surface area contributed by atoms with Crippen LogP contribution in [0.15, 0.2) is 66.9 Å². The number of nitrogens with zero attached hydrogens (tertiary/aromatic N) is 2. The summed E-state index contributed by atoms with van der Waals surface area (Å²) in [5.41, 5.74) is 4.11. The van der Waals surface area contributed by atoms with E-state index in [-0.39, 0.29) is 0 Å². The van der Waals surface area contributed by atoms with Gasteiger partial charge in [0.25, 0.3) is 0 Å². The average Bonchev–Trinajstić information content (AvgIpc) is 3.44. The summed E-state index contributed by atoms with van der Waals surface area (Å²) < 4.78 is 4.63. The summed E-state index contributed by atoms with van der Waals surface area (Å²) in [7, 11) is 4.37. The molecule has 2 heterocycles. The van der Waals surface area contributed by atoms with Gasteiger partial charge in [0.05, 0.1) is 0 Å². The van der Waals surface area contributed by atoms with Crippen molar-refractivity contribution in [2.45, 2.75) is 64.7 Å². The summed E-state index contributed by atoms with van der Waals surface area (Å²) in [4.78, 5) is 0. The predicted octanol–water partition coefficient (Wildman–Crippen LogP) is 9.81. The van der Waals surface area contributed by atoms with Crippen LogP contribution >= 0.6 is 0 Å². The Hall–Kier alpha value is -3.26. The molecule has 0 amide bonds. The minimum atomic E-state index is 1.17. The Balaban J connectivity index is 1.32. The molecule has 0 N–H and O–H groups in total.